The Balaban J connectivity index is 2.76. The van der Waals surface area contributed by atoms with Gasteiger partial charge >= 0.3 is 0 Å². The Morgan fingerprint density at radius 2 is 1.94 bits per heavy atom. The summed E-state index contributed by atoms with van der Waals surface area (Å²) in [6, 6.07) is 0. The van der Waals surface area contributed by atoms with E-state index in [1.54, 1.807) is 0 Å². The summed E-state index contributed by atoms with van der Waals surface area (Å²) in [5, 5.41) is -0.163. The summed E-state index contributed by atoms with van der Waals surface area (Å²) in [4.78, 5) is 7.22. The molecule has 0 aliphatic carbocycles. The van der Waals surface area contributed by atoms with Crippen molar-refractivity contribution in [2.24, 2.45) is 0 Å². The van der Waals surface area contributed by atoms with Gasteiger partial charge in [0.2, 0.25) is 0 Å². The van der Waals surface area contributed by atoms with Gasteiger partial charge in [-0.3, -0.25) is 4.72 Å². The summed E-state index contributed by atoms with van der Waals surface area (Å²) < 4.78 is 32.1. The largest absolute Gasteiger partial charge is 0.383 e. The number of anilines is 1. The first-order valence-corrected chi connectivity index (χ1v) is 6.62. The van der Waals surface area contributed by atoms with Gasteiger partial charge in [0.25, 0.3) is 10.2 Å². The van der Waals surface area contributed by atoms with E-state index >= 15 is 0 Å². The SMILES string of the molecule is COCCNS(=O)(=O)Nc1c(Cl)ncnc1Cl. The Labute approximate surface area is 109 Å². The maximum Gasteiger partial charge on any atom is 0.299 e. The summed E-state index contributed by atoms with van der Waals surface area (Å²) in [7, 11) is -2.32. The standard InChI is InChI=1S/C7H10Cl2N4O3S/c1-16-3-2-12-17(14,15)13-5-6(8)10-4-11-7(5)9/h4,12-13H,2-3H2,1H3. The Morgan fingerprint density at radius 1 is 1.35 bits per heavy atom. The van der Waals surface area contributed by atoms with Crippen LogP contribution in [0.25, 0.3) is 0 Å². The monoisotopic (exact) mass is 300 g/mol. The minimum absolute atomic E-state index is 0.0687. The highest BCUT2D eigenvalue weighted by Gasteiger charge is 2.15. The maximum absolute atomic E-state index is 11.5. The lowest BCUT2D eigenvalue weighted by Crippen LogP contribution is -2.32. The van der Waals surface area contributed by atoms with Crippen molar-refractivity contribution in [3.8, 4) is 0 Å². The number of aromatic nitrogens is 2. The van der Waals surface area contributed by atoms with Gasteiger partial charge in [-0.2, -0.15) is 13.1 Å². The van der Waals surface area contributed by atoms with Crippen molar-refractivity contribution in [1.29, 1.82) is 0 Å². The minimum Gasteiger partial charge on any atom is -0.383 e. The van der Waals surface area contributed by atoms with Crippen molar-refractivity contribution in [3.63, 3.8) is 0 Å². The van der Waals surface area contributed by atoms with E-state index in [1.165, 1.54) is 7.11 Å². The molecule has 0 aliphatic rings. The molecule has 0 radical (unpaired) electrons. The number of halogens is 2. The highest BCUT2D eigenvalue weighted by atomic mass is 35.5. The average molecular weight is 301 g/mol. The Hall–Kier alpha value is -0.670. The first-order chi connectivity index (χ1) is 7.96. The lowest BCUT2D eigenvalue weighted by molar-refractivity contribution is 0.204. The second kappa shape index (κ2) is 6.31. The van der Waals surface area contributed by atoms with Gasteiger partial charge in [-0.25, -0.2) is 9.97 Å². The van der Waals surface area contributed by atoms with Gasteiger partial charge in [0.15, 0.2) is 10.3 Å². The van der Waals surface area contributed by atoms with Gasteiger partial charge in [0.1, 0.15) is 12.0 Å². The molecule has 0 spiro atoms. The number of methoxy groups -OCH3 is 1. The van der Waals surface area contributed by atoms with Crippen molar-refractivity contribution in [2.75, 3.05) is 25.0 Å². The van der Waals surface area contributed by atoms with Gasteiger partial charge in [-0.15, -0.1) is 0 Å². The molecule has 1 aromatic heterocycles. The average Bonchev–Trinajstić information content (AvgIpc) is 2.24. The maximum atomic E-state index is 11.5. The van der Waals surface area contributed by atoms with Gasteiger partial charge in [0, 0.05) is 13.7 Å². The molecule has 0 atom stereocenters. The third-order valence-corrected chi connectivity index (χ3v) is 3.22. The third-order valence-electron chi connectivity index (χ3n) is 1.59. The fourth-order valence-corrected chi connectivity index (χ4v) is 2.28. The Morgan fingerprint density at radius 3 is 2.47 bits per heavy atom. The zero-order valence-corrected chi connectivity index (χ0v) is 11.1. The molecule has 1 heterocycles. The van der Waals surface area contributed by atoms with Crippen LogP contribution in [0, 0.1) is 0 Å². The molecule has 0 bridgehead atoms. The second-order valence-electron chi connectivity index (χ2n) is 2.82. The summed E-state index contributed by atoms with van der Waals surface area (Å²) in [5.41, 5.74) is -0.0687. The van der Waals surface area contributed by atoms with E-state index in [9.17, 15) is 8.42 Å². The second-order valence-corrected chi connectivity index (χ2v) is 5.04. The molecular formula is C7H10Cl2N4O3S. The highest BCUT2D eigenvalue weighted by Crippen LogP contribution is 2.26. The Kier molecular flexibility index (Phi) is 5.34. The summed E-state index contributed by atoms with van der Waals surface area (Å²) >= 11 is 11.4. The van der Waals surface area contributed by atoms with E-state index in [0.29, 0.717) is 0 Å². The molecule has 0 fully saturated rings. The molecule has 0 saturated heterocycles. The molecule has 0 saturated carbocycles. The van der Waals surface area contributed by atoms with Gasteiger partial charge in [0.05, 0.1) is 6.61 Å². The third kappa shape index (κ3) is 4.60. The van der Waals surface area contributed by atoms with E-state index in [2.05, 4.69) is 19.4 Å². The van der Waals surface area contributed by atoms with Gasteiger partial charge in [-0.1, -0.05) is 23.2 Å². The first kappa shape index (κ1) is 14.4. The molecule has 1 rings (SSSR count). The number of nitrogens with zero attached hydrogens (tertiary/aromatic N) is 2. The zero-order valence-electron chi connectivity index (χ0n) is 8.77. The van der Waals surface area contributed by atoms with E-state index < -0.39 is 10.2 Å². The number of hydrogen-bond donors (Lipinski definition) is 2. The van der Waals surface area contributed by atoms with Crippen LogP contribution < -0.4 is 9.44 Å². The first-order valence-electron chi connectivity index (χ1n) is 4.38. The molecule has 0 unspecified atom stereocenters. The molecule has 96 valence electrons. The highest BCUT2D eigenvalue weighted by molar-refractivity contribution is 7.90. The summed E-state index contributed by atoms with van der Waals surface area (Å²) in [5.74, 6) is 0. The van der Waals surface area contributed by atoms with E-state index in [0.717, 1.165) is 6.33 Å². The predicted octanol–water partition coefficient (Wildman–Crippen LogP) is 0.676. The number of nitrogens with one attached hydrogen (secondary N) is 2. The van der Waals surface area contributed by atoms with Crippen molar-refractivity contribution in [1.82, 2.24) is 14.7 Å². The zero-order chi connectivity index (χ0) is 12.9. The molecule has 0 amide bonds. The predicted molar refractivity (Wildman–Crippen MR) is 64.5 cm³/mol. The van der Waals surface area contributed by atoms with Crippen LogP contribution >= 0.6 is 23.2 Å². The quantitative estimate of drug-likeness (QED) is 0.595. The summed E-state index contributed by atoms with van der Waals surface area (Å²) in [6.07, 6.45) is 1.13. The van der Waals surface area contributed by atoms with Gasteiger partial charge in [-0.05, 0) is 0 Å². The minimum atomic E-state index is -3.78. The molecule has 0 aromatic carbocycles. The van der Waals surface area contributed by atoms with Crippen LogP contribution in [0.2, 0.25) is 10.3 Å². The smallest absolute Gasteiger partial charge is 0.299 e. The van der Waals surface area contributed by atoms with Crippen LogP contribution in [0.4, 0.5) is 5.69 Å². The molecule has 10 heteroatoms. The Bertz CT molecular complexity index is 462. The van der Waals surface area contributed by atoms with E-state index in [4.69, 9.17) is 27.9 Å². The van der Waals surface area contributed by atoms with Crippen LogP contribution in [0.15, 0.2) is 6.33 Å². The van der Waals surface area contributed by atoms with Crippen molar-refractivity contribution >= 4 is 39.1 Å². The topological polar surface area (TPSA) is 93.2 Å². The van der Waals surface area contributed by atoms with Crippen LogP contribution in [0.1, 0.15) is 0 Å². The number of rotatable bonds is 6. The van der Waals surface area contributed by atoms with Gasteiger partial charge < -0.3 is 4.74 Å². The van der Waals surface area contributed by atoms with Crippen molar-refractivity contribution < 1.29 is 13.2 Å². The number of hydrogen-bond acceptors (Lipinski definition) is 5. The van der Waals surface area contributed by atoms with Crippen LogP contribution in [0.5, 0.6) is 0 Å². The van der Waals surface area contributed by atoms with Crippen molar-refractivity contribution in [2.45, 2.75) is 0 Å². The molecule has 1 aromatic rings. The lowest BCUT2D eigenvalue weighted by Gasteiger charge is -2.10. The molecular weight excluding hydrogens is 291 g/mol. The lowest BCUT2D eigenvalue weighted by atomic mass is 10.6. The van der Waals surface area contributed by atoms with Crippen LogP contribution in [0.3, 0.4) is 0 Å². The van der Waals surface area contributed by atoms with Crippen LogP contribution in [-0.4, -0.2) is 38.6 Å². The fourth-order valence-electron chi connectivity index (χ4n) is 0.877. The van der Waals surface area contributed by atoms with Crippen molar-refractivity contribution in [3.05, 3.63) is 16.6 Å². The van der Waals surface area contributed by atoms with E-state index in [1.807, 2.05) is 0 Å². The molecule has 17 heavy (non-hydrogen) atoms. The van der Waals surface area contributed by atoms with Crippen LogP contribution in [-0.2, 0) is 14.9 Å². The normalized spacial score (nSPS) is 11.5. The fraction of sp³-hybridized carbons (Fsp3) is 0.429. The molecule has 7 nitrogen and oxygen atoms in total. The molecule has 0 aliphatic heterocycles. The number of ether oxygens (including phenoxy) is 1. The molecule has 2 N–H and O–H groups in total. The summed E-state index contributed by atoms with van der Waals surface area (Å²) in [6.45, 7) is 0.364. The van der Waals surface area contributed by atoms with E-state index in [-0.39, 0.29) is 29.1 Å².